The van der Waals surface area contributed by atoms with E-state index in [1.807, 2.05) is 18.2 Å². The van der Waals surface area contributed by atoms with Crippen LogP contribution >= 0.6 is 11.3 Å². The second kappa shape index (κ2) is 4.51. The molecular weight excluding hydrogens is 268 g/mol. The first-order valence-electron chi connectivity index (χ1n) is 5.12. The van der Waals surface area contributed by atoms with Gasteiger partial charge in [-0.2, -0.15) is 0 Å². The molecule has 7 heteroatoms. The van der Waals surface area contributed by atoms with Crippen molar-refractivity contribution in [2.45, 2.75) is 4.34 Å². The highest BCUT2D eigenvalue weighted by Crippen LogP contribution is 2.29. The van der Waals surface area contributed by atoms with E-state index in [0.29, 0.717) is 9.99 Å². The molecule has 1 atom stereocenters. The SMILES string of the molecule is CS(=O)c1nc2ncnc(-c3ccccn3)c2s1. The molecule has 3 aromatic rings. The van der Waals surface area contributed by atoms with Gasteiger partial charge in [-0.1, -0.05) is 6.07 Å². The molecule has 0 aliphatic heterocycles. The number of rotatable bonds is 2. The monoisotopic (exact) mass is 276 g/mol. The van der Waals surface area contributed by atoms with Gasteiger partial charge in [-0.3, -0.25) is 9.19 Å². The number of hydrogen-bond acceptors (Lipinski definition) is 6. The molecular formula is C11H8N4OS2. The second-order valence-electron chi connectivity index (χ2n) is 3.52. The summed E-state index contributed by atoms with van der Waals surface area (Å²) in [5.41, 5.74) is 2.07. The first kappa shape index (κ1) is 11.4. The van der Waals surface area contributed by atoms with E-state index in [0.717, 1.165) is 16.1 Å². The van der Waals surface area contributed by atoms with E-state index in [1.165, 1.54) is 17.7 Å². The van der Waals surface area contributed by atoms with Crippen LogP contribution in [0, 0.1) is 0 Å². The molecule has 5 nitrogen and oxygen atoms in total. The van der Waals surface area contributed by atoms with Crippen LogP contribution in [-0.4, -0.2) is 30.4 Å². The highest BCUT2D eigenvalue weighted by Gasteiger charge is 2.14. The van der Waals surface area contributed by atoms with Gasteiger partial charge in [-0.05, 0) is 12.1 Å². The summed E-state index contributed by atoms with van der Waals surface area (Å²) < 4.78 is 12.8. The maximum atomic E-state index is 11.5. The van der Waals surface area contributed by atoms with Gasteiger partial charge in [0.05, 0.1) is 16.5 Å². The fraction of sp³-hybridized carbons (Fsp3) is 0.0909. The zero-order valence-electron chi connectivity index (χ0n) is 9.40. The lowest BCUT2D eigenvalue weighted by Gasteiger charge is -1.98. The lowest BCUT2D eigenvalue weighted by atomic mass is 10.2. The van der Waals surface area contributed by atoms with E-state index in [4.69, 9.17) is 0 Å². The Bertz CT molecular complexity index is 726. The Morgan fingerprint density at radius 3 is 2.83 bits per heavy atom. The first-order chi connectivity index (χ1) is 8.75. The minimum absolute atomic E-state index is 0.558. The molecule has 0 saturated heterocycles. The number of pyridine rings is 1. The fourth-order valence-corrected chi connectivity index (χ4v) is 3.23. The molecule has 0 aliphatic carbocycles. The Labute approximate surface area is 109 Å². The lowest BCUT2D eigenvalue weighted by Crippen LogP contribution is -1.88. The second-order valence-corrected chi connectivity index (χ2v) is 6.08. The molecule has 3 rings (SSSR count). The highest BCUT2D eigenvalue weighted by atomic mass is 32.2. The van der Waals surface area contributed by atoms with Gasteiger partial charge < -0.3 is 0 Å². The van der Waals surface area contributed by atoms with Crippen molar-refractivity contribution in [3.8, 4) is 11.4 Å². The van der Waals surface area contributed by atoms with Gasteiger partial charge in [0.25, 0.3) is 0 Å². The van der Waals surface area contributed by atoms with E-state index in [-0.39, 0.29) is 0 Å². The van der Waals surface area contributed by atoms with E-state index >= 15 is 0 Å². The maximum Gasteiger partial charge on any atom is 0.183 e. The van der Waals surface area contributed by atoms with E-state index in [9.17, 15) is 4.21 Å². The molecule has 0 aliphatic rings. The van der Waals surface area contributed by atoms with E-state index in [1.54, 1.807) is 12.5 Å². The summed E-state index contributed by atoms with van der Waals surface area (Å²) in [5.74, 6) is 0. The van der Waals surface area contributed by atoms with Crippen molar-refractivity contribution >= 4 is 32.5 Å². The minimum atomic E-state index is -1.11. The quantitative estimate of drug-likeness (QED) is 0.715. The van der Waals surface area contributed by atoms with Crippen LogP contribution < -0.4 is 0 Å². The number of nitrogens with zero attached hydrogens (tertiary/aromatic N) is 4. The molecule has 0 amide bonds. The summed E-state index contributed by atoms with van der Waals surface area (Å²) in [7, 11) is -1.11. The van der Waals surface area contributed by atoms with E-state index in [2.05, 4.69) is 19.9 Å². The van der Waals surface area contributed by atoms with Crippen molar-refractivity contribution in [1.29, 1.82) is 0 Å². The molecule has 90 valence electrons. The van der Waals surface area contributed by atoms with Crippen molar-refractivity contribution < 1.29 is 4.21 Å². The van der Waals surface area contributed by atoms with Gasteiger partial charge in [-0.25, -0.2) is 15.0 Å². The van der Waals surface area contributed by atoms with Crippen LogP contribution in [0.4, 0.5) is 0 Å². The number of hydrogen-bond donors (Lipinski definition) is 0. The van der Waals surface area contributed by atoms with Crippen LogP contribution in [0.15, 0.2) is 35.1 Å². The fourth-order valence-electron chi connectivity index (χ4n) is 1.54. The zero-order chi connectivity index (χ0) is 12.5. The Hall–Kier alpha value is -1.73. The van der Waals surface area contributed by atoms with Gasteiger partial charge in [0, 0.05) is 12.5 Å². The smallest absolute Gasteiger partial charge is 0.183 e. The third kappa shape index (κ3) is 1.91. The van der Waals surface area contributed by atoms with E-state index < -0.39 is 10.8 Å². The summed E-state index contributed by atoms with van der Waals surface area (Å²) in [6.45, 7) is 0. The minimum Gasteiger partial charge on any atom is -0.255 e. The predicted molar refractivity (Wildman–Crippen MR) is 70.8 cm³/mol. The predicted octanol–water partition coefficient (Wildman–Crippen LogP) is 1.89. The van der Waals surface area contributed by atoms with Crippen molar-refractivity contribution in [3.05, 3.63) is 30.7 Å². The van der Waals surface area contributed by atoms with Crippen LogP contribution in [0.25, 0.3) is 21.7 Å². The molecule has 0 aromatic carbocycles. The number of thiazole rings is 1. The average molecular weight is 276 g/mol. The molecule has 0 radical (unpaired) electrons. The standard InChI is InChI=1S/C11H8N4OS2/c1-18(16)11-15-10-9(17-11)8(13-6-14-10)7-4-2-3-5-12-7/h2-6H,1H3. The topological polar surface area (TPSA) is 68.6 Å². The highest BCUT2D eigenvalue weighted by molar-refractivity contribution is 7.86. The van der Waals surface area contributed by atoms with Gasteiger partial charge >= 0.3 is 0 Å². The maximum absolute atomic E-state index is 11.5. The van der Waals surface area contributed by atoms with Crippen molar-refractivity contribution in [3.63, 3.8) is 0 Å². The Morgan fingerprint density at radius 2 is 2.11 bits per heavy atom. The molecule has 0 N–H and O–H groups in total. The summed E-state index contributed by atoms with van der Waals surface area (Å²) in [5, 5.41) is 0. The van der Waals surface area contributed by atoms with Crippen molar-refractivity contribution in [1.82, 2.24) is 19.9 Å². The number of aromatic nitrogens is 4. The lowest BCUT2D eigenvalue weighted by molar-refractivity contribution is 0.686. The molecule has 3 aromatic heterocycles. The van der Waals surface area contributed by atoms with Gasteiger partial charge in [-0.15, -0.1) is 11.3 Å². The molecule has 1 unspecified atom stereocenters. The first-order valence-corrected chi connectivity index (χ1v) is 7.49. The van der Waals surface area contributed by atoms with Crippen LogP contribution in [0.1, 0.15) is 0 Å². The largest absolute Gasteiger partial charge is 0.255 e. The van der Waals surface area contributed by atoms with Crippen molar-refractivity contribution in [2.75, 3.05) is 6.26 Å². The number of fused-ring (bicyclic) bond motifs is 1. The third-order valence-corrected chi connectivity index (χ3v) is 4.71. The summed E-state index contributed by atoms with van der Waals surface area (Å²) in [6.07, 6.45) is 4.77. The summed E-state index contributed by atoms with van der Waals surface area (Å²) >= 11 is 1.35. The molecule has 0 fully saturated rings. The molecule has 0 spiro atoms. The van der Waals surface area contributed by atoms with Crippen LogP contribution in [-0.2, 0) is 10.8 Å². The third-order valence-electron chi connectivity index (χ3n) is 2.33. The van der Waals surface area contributed by atoms with Gasteiger partial charge in [0.1, 0.15) is 16.7 Å². The summed E-state index contributed by atoms with van der Waals surface area (Å²) in [6, 6.07) is 5.63. The molecule has 18 heavy (non-hydrogen) atoms. The Morgan fingerprint density at radius 1 is 1.22 bits per heavy atom. The molecule has 0 bridgehead atoms. The zero-order valence-corrected chi connectivity index (χ0v) is 11.0. The van der Waals surface area contributed by atoms with Crippen LogP contribution in [0.2, 0.25) is 0 Å². The Balaban J connectivity index is 2.27. The Kier molecular flexibility index (Phi) is 2.85. The molecule has 0 saturated carbocycles. The summed E-state index contributed by atoms with van der Waals surface area (Å²) in [4.78, 5) is 16.8. The van der Waals surface area contributed by atoms with Crippen LogP contribution in [0.5, 0.6) is 0 Å². The average Bonchev–Trinajstić information content (AvgIpc) is 2.83. The van der Waals surface area contributed by atoms with Crippen LogP contribution in [0.3, 0.4) is 0 Å². The van der Waals surface area contributed by atoms with Crippen molar-refractivity contribution in [2.24, 2.45) is 0 Å². The van der Waals surface area contributed by atoms with Gasteiger partial charge in [0.2, 0.25) is 0 Å². The van der Waals surface area contributed by atoms with Gasteiger partial charge in [0.15, 0.2) is 9.99 Å². The molecule has 3 heterocycles. The normalized spacial score (nSPS) is 12.7.